The Kier molecular flexibility index (Phi) is 6.58. The fourth-order valence-electron chi connectivity index (χ4n) is 3.36. The number of hydrogen-bond donors (Lipinski definition) is 4. The van der Waals surface area contributed by atoms with Gasteiger partial charge in [0.25, 0.3) is 0 Å². The molecule has 4 rings (SSSR count). The zero-order chi connectivity index (χ0) is 22.5. The van der Waals surface area contributed by atoms with Gasteiger partial charge in [0.2, 0.25) is 0 Å². The molecule has 0 saturated carbocycles. The minimum atomic E-state index is -0.541. The van der Waals surface area contributed by atoms with E-state index in [9.17, 15) is 9.50 Å². The standard InChI is InChI=1S/C23H24FN5O3/c1-14-11-21(29-28-14)26-22-18-8-7-17(32-10-2-9-30)12-20(18)25-23(27-22)19(13-31)15-3-5-16(24)6-4-15/h3-8,11-12,19,30-31H,2,9-10,13H2,1H3,(H2,25,26,27,28,29). The Morgan fingerprint density at radius 1 is 1.09 bits per heavy atom. The molecule has 0 fully saturated rings. The third-order valence-electron chi connectivity index (χ3n) is 4.98. The average molecular weight is 437 g/mol. The molecule has 1 unspecified atom stereocenters. The number of aromatic amines is 1. The molecule has 2 heterocycles. The van der Waals surface area contributed by atoms with Crippen LogP contribution in [0.15, 0.2) is 48.5 Å². The van der Waals surface area contributed by atoms with Gasteiger partial charge in [0.1, 0.15) is 23.2 Å². The number of anilines is 2. The van der Waals surface area contributed by atoms with E-state index >= 15 is 0 Å². The summed E-state index contributed by atoms with van der Waals surface area (Å²) in [5.41, 5.74) is 2.21. The summed E-state index contributed by atoms with van der Waals surface area (Å²) >= 11 is 0. The lowest BCUT2D eigenvalue weighted by Crippen LogP contribution is -2.12. The Labute approximate surface area is 184 Å². The smallest absolute Gasteiger partial charge is 0.153 e. The molecule has 2 aromatic heterocycles. The lowest BCUT2D eigenvalue weighted by molar-refractivity contribution is 0.233. The van der Waals surface area contributed by atoms with Gasteiger partial charge >= 0.3 is 0 Å². The van der Waals surface area contributed by atoms with Crippen molar-refractivity contribution < 1.29 is 19.3 Å². The number of nitrogens with one attached hydrogen (secondary N) is 2. The maximum absolute atomic E-state index is 13.4. The minimum Gasteiger partial charge on any atom is -0.493 e. The summed E-state index contributed by atoms with van der Waals surface area (Å²) in [5.74, 6) is 1.22. The SMILES string of the molecule is Cc1cc(Nc2nc(C(CO)c3ccc(F)cc3)nc3cc(OCCCO)ccc23)n[nH]1. The van der Waals surface area contributed by atoms with Crippen LogP contribution in [0.1, 0.15) is 29.4 Å². The predicted molar refractivity (Wildman–Crippen MR) is 119 cm³/mol. The van der Waals surface area contributed by atoms with Crippen molar-refractivity contribution in [3.05, 3.63) is 71.4 Å². The van der Waals surface area contributed by atoms with Crippen LogP contribution in [0.4, 0.5) is 16.0 Å². The van der Waals surface area contributed by atoms with Gasteiger partial charge in [-0.2, -0.15) is 5.10 Å². The van der Waals surface area contributed by atoms with Crippen molar-refractivity contribution in [1.29, 1.82) is 0 Å². The fourth-order valence-corrected chi connectivity index (χ4v) is 3.36. The zero-order valence-corrected chi connectivity index (χ0v) is 17.5. The van der Waals surface area contributed by atoms with Crippen molar-refractivity contribution in [1.82, 2.24) is 20.2 Å². The van der Waals surface area contributed by atoms with Gasteiger partial charge in [0, 0.05) is 36.2 Å². The van der Waals surface area contributed by atoms with Gasteiger partial charge in [-0.1, -0.05) is 12.1 Å². The zero-order valence-electron chi connectivity index (χ0n) is 17.5. The first-order valence-electron chi connectivity index (χ1n) is 10.3. The van der Waals surface area contributed by atoms with E-state index in [4.69, 9.17) is 9.84 Å². The predicted octanol–water partition coefficient (Wildman–Crippen LogP) is 3.43. The molecule has 0 aliphatic heterocycles. The molecule has 166 valence electrons. The summed E-state index contributed by atoms with van der Waals surface area (Å²) in [5, 5.41) is 30.1. The van der Waals surface area contributed by atoms with Gasteiger partial charge < -0.3 is 20.3 Å². The van der Waals surface area contributed by atoms with Crippen LogP contribution in [0.5, 0.6) is 5.75 Å². The van der Waals surface area contributed by atoms with E-state index < -0.39 is 5.92 Å². The van der Waals surface area contributed by atoms with Crippen LogP contribution in [0.3, 0.4) is 0 Å². The minimum absolute atomic E-state index is 0.0485. The summed E-state index contributed by atoms with van der Waals surface area (Å²) in [6.45, 7) is 2.08. The topological polar surface area (TPSA) is 116 Å². The number of aromatic nitrogens is 4. The highest BCUT2D eigenvalue weighted by Gasteiger charge is 2.20. The number of hydrogen-bond acceptors (Lipinski definition) is 7. The molecule has 0 amide bonds. The number of nitrogens with zero attached hydrogens (tertiary/aromatic N) is 3. The quantitative estimate of drug-likeness (QED) is 0.297. The second kappa shape index (κ2) is 9.71. The molecule has 4 N–H and O–H groups in total. The summed E-state index contributed by atoms with van der Waals surface area (Å²) in [7, 11) is 0. The maximum atomic E-state index is 13.4. The Morgan fingerprint density at radius 2 is 1.91 bits per heavy atom. The number of aliphatic hydroxyl groups excluding tert-OH is 2. The first-order chi connectivity index (χ1) is 15.6. The maximum Gasteiger partial charge on any atom is 0.153 e. The molecule has 4 aromatic rings. The number of rotatable bonds is 9. The van der Waals surface area contributed by atoms with E-state index in [1.165, 1.54) is 12.1 Å². The van der Waals surface area contributed by atoms with Crippen molar-refractivity contribution in [2.75, 3.05) is 25.1 Å². The normalized spacial score (nSPS) is 12.1. The molecule has 8 nitrogen and oxygen atoms in total. The summed E-state index contributed by atoms with van der Waals surface area (Å²) < 4.78 is 19.1. The van der Waals surface area contributed by atoms with Crippen LogP contribution >= 0.6 is 0 Å². The number of aryl methyl sites for hydroxylation is 1. The summed E-state index contributed by atoms with van der Waals surface area (Å²) in [4.78, 5) is 9.36. The highest BCUT2D eigenvalue weighted by molar-refractivity contribution is 5.91. The monoisotopic (exact) mass is 437 g/mol. The number of halogens is 1. The molecule has 0 spiro atoms. The Morgan fingerprint density at radius 3 is 2.59 bits per heavy atom. The van der Waals surface area contributed by atoms with E-state index in [0.29, 0.717) is 47.3 Å². The van der Waals surface area contributed by atoms with E-state index in [-0.39, 0.29) is 19.0 Å². The number of H-pyrrole nitrogens is 1. The van der Waals surface area contributed by atoms with Crippen LogP contribution in [0, 0.1) is 12.7 Å². The van der Waals surface area contributed by atoms with E-state index in [1.54, 1.807) is 18.2 Å². The first-order valence-corrected chi connectivity index (χ1v) is 10.3. The fraction of sp³-hybridized carbons (Fsp3) is 0.261. The molecule has 0 aliphatic carbocycles. The molecule has 32 heavy (non-hydrogen) atoms. The molecular weight excluding hydrogens is 413 g/mol. The number of benzene rings is 2. The van der Waals surface area contributed by atoms with Crippen molar-refractivity contribution in [2.24, 2.45) is 0 Å². The van der Waals surface area contributed by atoms with E-state index in [1.807, 2.05) is 25.1 Å². The van der Waals surface area contributed by atoms with Gasteiger partial charge in [-0.05, 0) is 36.8 Å². The highest BCUT2D eigenvalue weighted by atomic mass is 19.1. The van der Waals surface area contributed by atoms with Crippen LogP contribution < -0.4 is 10.1 Å². The van der Waals surface area contributed by atoms with Crippen molar-refractivity contribution in [3.63, 3.8) is 0 Å². The van der Waals surface area contributed by atoms with Crippen molar-refractivity contribution >= 4 is 22.5 Å². The number of fused-ring (bicyclic) bond motifs is 1. The van der Waals surface area contributed by atoms with Crippen LogP contribution in [-0.2, 0) is 0 Å². The first kappa shape index (κ1) is 21.7. The van der Waals surface area contributed by atoms with Crippen molar-refractivity contribution in [3.8, 4) is 5.75 Å². The molecule has 2 aromatic carbocycles. The molecular formula is C23H24FN5O3. The number of aliphatic hydroxyl groups is 2. The second-order valence-electron chi connectivity index (χ2n) is 7.38. The molecule has 0 radical (unpaired) electrons. The van der Waals surface area contributed by atoms with E-state index in [2.05, 4.69) is 25.5 Å². The number of ether oxygens (including phenoxy) is 1. The van der Waals surface area contributed by atoms with Gasteiger partial charge in [-0.15, -0.1) is 0 Å². The molecule has 0 bridgehead atoms. The van der Waals surface area contributed by atoms with Gasteiger partial charge in [-0.3, -0.25) is 5.10 Å². The Hall–Kier alpha value is -3.56. The summed E-state index contributed by atoms with van der Waals surface area (Å²) in [6.07, 6.45) is 0.523. The summed E-state index contributed by atoms with van der Waals surface area (Å²) in [6, 6.07) is 13.2. The molecule has 0 saturated heterocycles. The van der Waals surface area contributed by atoms with E-state index in [0.717, 1.165) is 11.1 Å². The lowest BCUT2D eigenvalue weighted by atomic mass is 9.99. The van der Waals surface area contributed by atoms with Crippen LogP contribution in [0.25, 0.3) is 10.9 Å². The third-order valence-corrected chi connectivity index (χ3v) is 4.98. The lowest BCUT2D eigenvalue weighted by Gasteiger charge is -2.17. The van der Waals surface area contributed by atoms with Gasteiger partial charge in [0.05, 0.1) is 24.6 Å². The van der Waals surface area contributed by atoms with Crippen molar-refractivity contribution in [2.45, 2.75) is 19.3 Å². The average Bonchev–Trinajstić information content (AvgIpc) is 3.20. The third kappa shape index (κ3) is 4.84. The highest BCUT2D eigenvalue weighted by Crippen LogP contribution is 2.30. The molecule has 1 atom stereocenters. The molecule has 9 heteroatoms. The largest absolute Gasteiger partial charge is 0.493 e. The van der Waals surface area contributed by atoms with Gasteiger partial charge in [0.15, 0.2) is 5.82 Å². The van der Waals surface area contributed by atoms with Crippen LogP contribution in [-0.4, -0.2) is 50.2 Å². The Balaban J connectivity index is 1.78. The second-order valence-corrected chi connectivity index (χ2v) is 7.38. The van der Waals surface area contributed by atoms with Gasteiger partial charge in [-0.25, -0.2) is 14.4 Å². The molecule has 0 aliphatic rings. The van der Waals surface area contributed by atoms with Crippen LogP contribution in [0.2, 0.25) is 0 Å². The Bertz CT molecular complexity index is 1200.